The quantitative estimate of drug-likeness (QED) is 0.288. The van der Waals surface area contributed by atoms with E-state index < -0.39 is 17.7 Å². The Kier molecular flexibility index (Phi) is 5.05. The van der Waals surface area contributed by atoms with Crippen LogP contribution in [-0.4, -0.2) is 31.1 Å². The van der Waals surface area contributed by atoms with Crippen LogP contribution in [0.4, 0.5) is 0 Å². The van der Waals surface area contributed by atoms with Crippen molar-refractivity contribution in [2.75, 3.05) is 0 Å². The van der Waals surface area contributed by atoms with Crippen LogP contribution in [0.5, 0.6) is 0 Å². The van der Waals surface area contributed by atoms with E-state index in [2.05, 4.69) is 4.98 Å². The molecule has 1 atom stereocenters. The molecule has 164 valence electrons. The molecule has 33 heavy (non-hydrogen) atoms. The smallest absolute Gasteiger partial charge is 0.295 e. The summed E-state index contributed by atoms with van der Waals surface area (Å²) in [6.07, 6.45) is 1.78. The number of ketones is 1. The Morgan fingerprint density at radius 1 is 0.939 bits per heavy atom. The number of fused-ring (bicyclic) bond motifs is 1. The fraction of sp³-hybridized carbons (Fsp3) is 0.148. The number of benzene rings is 2. The van der Waals surface area contributed by atoms with Crippen molar-refractivity contribution in [2.24, 2.45) is 0 Å². The Morgan fingerprint density at radius 2 is 1.64 bits per heavy atom. The zero-order chi connectivity index (χ0) is 23.1. The van der Waals surface area contributed by atoms with Crippen molar-refractivity contribution >= 4 is 23.1 Å². The number of rotatable bonds is 4. The summed E-state index contributed by atoms with van der Waals surface area (Å²) >= 11 is 0. The third kappa shape index (κ3) is 3.49. The highest BCUT2D eigenvalue weighted by atomic mass is 16.3. The molecular weight excluding hydrogens is 414 g/mol. The molecule has 0 bridgehead atoms. The average molecular weight is 437 g/mol. The van der Waals surface area contributed by atoms with E-state index in [0.717, 1.165) is 16.7 Å². The van der Waals surface area contributed by atoms with Crippen LogP contribution in [0.3, 0.4) is 0 Å². The summed E-state index contributed by atoms with van der Waals surface area (Å²) in [7, 11) is 0. The predicted octanol–water partition coefficient (Wildman–Crippen LogP) is 4.57. The molecule has 2 aromatic heterocycles. The maximum absolute atomic E-state index is 13.3. The number of nitrogens with zero attached hydrogens (tertiary/aromatic N) is 3. The highest BCUT2D eigenvalue weighted by Crippen LogP contribution is 2.40. The maximum Gasteiger partial charge on any atom is 0.295 e. The number of aromatic nitrogens is 2. The van der Waals surface area contributed by atoms with Crippen LogP contribution in [0.2, 0.25) is 0 Å². The number of carbonyl (C=O) groups is 2. The van der Waals surface area contributed by atoms with Gasteiger partial charge in [0.2, 0.25) is 0 Å². The topological polar surface area (TPSA) is 74.9 Å². The first-order valence-corrected chi connectivity index (χ1v) is 10.8. The van der Waals surface area contributed by atoms with Gasteiger partial charge in [-0.2, -0.15) is 0 Å². The fourth-order valence-electron chi connectivity index (χ4n) is 4.44. The molecule has 0 saturated carbocycles. The minimum atomic E-state index is -0.709. The molecule has 4 aromatic rings. The number of likely N-dealkylation sites (tertiary alicyclic amines) is 1. The number of aliphatic hydroxyl groups is 1. The molecule has 1 fully saturated rings. The molecule has 1 aliphatic heterocycles. The van der Waals surface area contributed by atoms with E-state index in [4.69, 9.17) is 0 Å². The SMILES string of the molecule is Cc1ccc(C2C(=C(O)c3c(C)nc4ccccn34)C(=O)C(=O)N2Cc2ccccc2)cc1. The highest BCUT2D eigenvalue weighted by Gasteiger charge is 2.46. The number of aliphatic hydroxyl groups excluding tert-OH is 1. The van der Waals surface area contributed by atoms with Gasteiger partial charge in [0, 0.05) is 12.7 Å². The minimum Gasteiger partial charge on any atom is -0.505 e. The highest BCUT2D eigenvalue weighted by molar-refractivity contribution is 6.46. The second-order valence-corrected chi connectivity index (χ2v) is 8.30. The van der Waals surface area contributed by atoms with Gasteiger partial charge in [-0.1, -0.05) is 66.2 Å². The zero-order valence-electron chi connectivity index (χ0n) is 18.4. The van der Waals surface area contributed by atoms with Gasteiger partial charge in [0.05, 0.1) is 17.3 Å². The number of pyridine rings is 1. The molecule has 0 radical (unpaired) electrons. The van der Waals surface area contributed by atoms with Crippen molar-refractivity contribution in [1.82, 2.24) is 14.3 Å². The Labute approximate surface area is 191 Å². The molecule has 1 unspecified atom stereocenters. The zero-order valence-corrected chi connectivity index (χ0v) is 18.4. The van der Waals surface area contributed by atoms with Crippen molar-refractivity contribution in [3.05, 3.63) is 113 Å². The molecule has 3 heterocycles. The lowest BCUT2D eigenvalue weighted by Gasteiger charge is -2.25. The molecule has 0 aliphatic carbocycles. The largest absolute Gasteiger partial charge is 0.505 e. The van der Waals surface area contributed by atoms with Crippen molar-refractivity contribution in [3.63, 3.8) is 0 Å². The fourth-order valence-corrected chi connectivity index (χ4v) is 4.44. The standard InChI is InChI=1S/C27H23N3O3/c1-17-11-13-20(14-12-17)24-22(25(31)23-18(2)28-21-10-6-7-15-29(21)23)26(32)27(33)30(24)16-19-8-4-3-5-9-19/h3-15,24,31H,16H2,1-2H3. The monoisotopic (exact) mass is 437 g/mol. The summed E-state index contributed by atoms with van der Waals surface area (Å²) in [5, 5.41) is 11.5. The van der Waals surface area contributed by atoms with E-state index in [1.807, 2.05) is 79.7 Å². The Morgan fingerprint density at radius 3 is 2.36 bits per heavy atom. The van der Waals surface area contributed by atoms with Crippen LogP contribution in [0.1, 0.15) is 34.1 Å². The number of amides is 1. The van der Waals surface area contributed by atoms with Crippen molar-refractivity contribution in [2.45, 2.75) is 26.4 Å². The van der Waals surface area contributed by atoms with Crippen LogP contribution in [0.25, 0.3) is 11.4 Å². The first kappa shape index (κ1) is 20.7. The van der Waals surface area contributed by atoms with E-state index in [1.165, 1.54) is 4.90 Å². The summed E-state index contributed by atoms with van der Waals surface area (Å²) in [5.74, 6) is -1.54. The van der Waals surface area contributed by atoms with Gasteiger partial charge in [0.25, 0.3) is 11.7 Å². The average Bonchev–Trinajstić information content (AvgIpc) is 3.28. The normalized spacial score (nSPS) is 17.8. The van der Waals surface area contributed by atoms with E-state index in [-0.39, 0.29) is 17.9 Å². The molecule has 6 nitrogen and oxygen atoms in total. The maximum atomic E-state index is 13.3. The lowest BCUT2D eigenvalue weighted by Crippen LogP contribution is -2.29. The van der Waals surface area contributed by atoms with Crippen LogP contribution >= 0.6 is 0 Å². The van der Waals surface area contributed by atoms with Gasteiger partial charge in [0.15, 0.2) is 5.76 Å². The minimum absolute atomic E-state index is 0.0773. The van der Waals surface area contributed by atoms with Crippen LogP contribution < -0.4 is 0 Å². The number of carbonyl (C=O) groups excluding carboxylic acids is 2. The summed E-state index contributed by atoms with van der Waals surface area (Å²) in [5.41, 5.74) is 4.47. The Hall–Kier alpha value is -4.19. The summed E-state index contributed by atoms with van der Waals surface area (Å²) < 4.78 is 1.74. The molecule has 1 saturated heterocycles. The van der Waals surface area contributed by atoms with Crippen molar-refractivity contribution in [1.29, 1.82) is 0 Å². The molecular formula is C27H23N3O3. The summed E-state index contributed by atoms with van der Waals surface area (Å²) in [6, 6.07) is 22.0. The van der Waals surface area contributed by atoms with Crippen LogP contribution in [0, 0.1) is 13.8 Å². The second kappa shape index (κ2) is 8.06. The van der Waals surface area contributed by atoms with Gasteiger partial charge in [-0.15, -0.1) is 0 Å². The lowest BCUT2D eigenvalue weighted by molar-refractivity contribution is -0.140. The first-order chi connectivity index (χ1) is 16.0. The van der Waals surface area contributed by atoms with E-state index in [9.17, 15) is 14.7 Å². The summed E-state index contributed by atoms with van der Waals surface area (Å²) in [6.45, 7) is 4.02. The molecule has 1 N–H and O–H groups in total. The first-order valence-electron chi connectivity index (χ1n) is 10.8. The van der Waals surface area contributed by atoms with Gasteiger partial charge in [-0.25, -0.2) is 4.98 Å². The molecule has 2 aromatic carbocycles. The second-order valence-electron chi connectivity index (χ2n) is 8.30. The Balaban J connectivity index is 1.72. The number of imidazole rings is 1. The molecule has 1 amide bonds. The van der Waals surface area contributed by atoms with Gasteiger partial charge < -0.3 is 10.0 Å². The number of hydrogen-bond donors (Lipinski definition) is 1. The van der Waals surface area contributed by atoms with Crippen LogP contribution in [-0.2, 0) is 16.1 Å². The molecule has 1 aliphatic rings. The van der Waals surface area contributed by atoms with E-state index >= 15 is 0 Å². The van der Waals surface area contributed by atoms with Gasteiger partial charge in [-0.3, -0.25) is 14.0 Å². The predicted molar refractivity (Wildman–Crippen MR) is 125 cm³/mol. The van der Waals surface area contributed by atoms with Crippen LogP contribution in [0.15, 0.2) is 84.6 Å². The lowest BCUT2D eigenvalue weighted by atomic mass is 9.95. The molecule has 0 spiro atoms. The van der Waals surface area contributed by atoms with E-state index in [1.54, 1.807) is 17.5 Å². The number of Topliss-reactive ketones (excluding diaryl/α,β-unsaturated/α-hetero) is 1. The third-order valence-corrected chi connectivity index (χ3v) is 6.06. The van der Waals surface area contributed by atoms with E-state index in [0.29, 0.717) is 17.0 Å². The van der Waals surface area contributed by atoms with Gasteiger partial charge in [-0.05, 0) is 37.1 Å². The van der Waals surface area contributed by atoms with Crippen molar-refractivity contribution in [3.8, 4) is 0 Å². The summed E-state index contributed by atoms with van der Waals surface area (Å²) in [4.78, 5) is 32.5. The Bertz CT molecular complexity index is 1400. The number of aryl methyl sites for hydroxylation is 2. The third-order valence-electron chi connectivity index (χ3n) is 6.06. The van der Waals surface area contributed by atoms with Crippen molar-refractivity contribution < 1.29 is 14.7 Å². The van der Waals surface area contributed by atoms with Gasteiger partial charge in [0.1, 0.15) is 11.3 Å². The van der Waals surface area contributed by atoms with Gasteiger partial charge >= 0.3 is 0 Å². The number of hydrogen-bond acceptors (Lipinski definition) is 4. The molecule has 5 rings (SSSR count). The molecule has 6 heteroatoms.